The fraction of sp³-hybridized carbons (Fsp3) is 0.292. The second-order valence-electron chi connectivity index (χ2n) is 7.69. The molecule has 9 heteroatoms. The number of thiophene rings is 1. The van der Waals surface area contributed by atoms with Crippen LogP contribution in [0.3, 0.4) is 0 Å². The minimum absolute atomic E-state index is 0.0857. The molecule has 4 rings (SSSR count). The smallest absolute Gasteiger partial charge is 0.262 e. The lowest BCUT2D eigenvalue weighted by molar-refractivity contribution is 0.0955. The predicted octanol–water partition coefficient (Wildman–Crippen LogP) is 3.24. The first-order chi connectivity index (χ1) is 16.0. The standard InChI is InChI=1S/C24H27N3O4S2/c1-31-21-9-7-20(8-10-21)26-14-16-27(17-15-26)33(29,30)22-12-18-32-23(22)24(28)25-13-11-19-5-3-2-4-6-19/h2-10,12,18H,11,13-17H2,1H3,(H,25,28). The Morgan fingerprint density at radius 3 is 2.36 bits per heavy atom. The molecule has 1 N–H and O–H groups in total. The number of sulfonamides is 1. The third-order valence-corrected chi connectivity index (χ3v) is 8.65. The van der Waals surface area contributed by atoms with Gasteiger partial charge in [-0.2, -0.15) is 4.31 Å². The third kappa shape index (κ3) is 5.38. The van der Waals surface area contributed by atoms with Crippen molar-refractivity contribution < 1.29 is 17.9 Å². The van der Waals surface area contributed by atoms with E-state index in [1.165, 1.54) is 10.4 Å². The van der Waals surface area contributed by atoms with E-state index >= 15 is 0 Å². The number of carbonyl (C=O) groups is 1. The Morgan fingerprint density at radius 2 is 1.70 bits per heavy atom. The predicted molar refractivity (Wildman–Crippen MR) is 131 cm³/mol. The van der Waals surface area contributed by atoms with Crippen LogP contribution in [0.5, 0.6) is 5.75 Å². The van der Waals surface area contributed by atoms with Crippen molar-refractivity contribution in [3.8, 4) is 5.75 Å². The van der Waals surface area contributed by atoms with Gasteiger partial charge in [0.15, 0.2) is 0 Å². The minimum Gasteiger partial charge on any atom is -0.497 e. The maximum Gasteiger partial charge on any atom is 0.262 e. The molecule has 33 heavy (non-hydrogen) atoms. The van der Waals surface area contributed by atoms with Gasteiger partial charge in [-0.05, 0) is 47.7 Å². The number of carbonyl (C=O) groups excluding carboxylic acids is 1. The summed E-state index contributed by atoms with van der Waals surface area (Å²) in [5, 5.41) is 4.52. The topological polar surface area (TPSA) is 79.0 Å². The summed E-state index contributed by atoms with van der Waals surface area (Å²) in [6.45, 7) is 2.32. The van der Waals surface area contributed by atoms with E-state index < -0.39 is 10.0 Å². The zero-order valence-corrected chi connectivity index (χ0v) is 20.1. The van der Waals surface area contributed by atoms with Gasteiger partial charge in [0, 0.05) is 38.4 Å². The number of rotatable bonds is 8. The number of ether oxygens (including phenoxy) is 1. The highest BCUT2D eigenvalue weighted by Gasteiger charge is 2.32. The van der Waals surface area contributed by atoms with Gasteiger partial charge in [-0.15, -0.1) is 11.3 Å². The van der Waals surface area contributed by atoms with Crippen molar-refractivity contribution in [1.82, 2.24) is 9.62 Å². The van der Waals surface area contributed by atoms with Crippen LogP contribution in [0.2, 0.25) is 0 Å². The molecule has 2 heterocycles. The second-order valence-corrected chi connectivity index (χ2v) is 10.5. The summed E-state index contributed by atoms with van der Waals surface area (Å²) >= 11 is 1.16. The summed E-state index contributed by atoms with van der Waals surface area (Å²) in [4.78, 5) is 15.2. The van der Waals surface area contributed by atoms with Crippen molar-refractivity contribution in [3.63, 3.8) is 0 Å². The monoisotopic (exact) mass is 485 g/mol. The van der Waals surface area contributed by atoms with Gasteiger partial charge in [-0.3, -0.25) is 4.79 Å². The van der Waals surface area contributed by atoms with Gasteiger partial charge in [0.2, 0.25) is 10.0 Å². The summed E-state index contributed by atoms with van der Waals surface area (Å²) in [6.07, 6.45) is 0.688. The fourth-order valence-corrected chi connectivity index (χ4v) is 6.57. The van der Waals surface area contributed by atoms with Crippen LogP contribution < -0.4 is 15.0 Å². The average molecular weight is 486 g/mol. The van der Waals surface area contributed by atoms with Gasteiger partial charge in [-0.1, -0.05) is 30.3 Å². The van der Waals surface area contributed by atoms with E-state index in [-0.39, 0.29) is 15.7 Å². The Hall–Kier alpha value is -2.88. The number of anilines is 1. The van der Waals surface area contributed by atoms with Crippen molar-refractivity contribution in [1.29, 1.82) is 0 Å². The van der Waals surface area contributed by atoms with E-state index in [1.54, 1.807) is 12.5 Å². The maximum atomic E-state index is 13.3. The van der Waals surface area contributed by atoms with Crippen molar-refractivity contribution in [2.24, 2.45) is 0 Å². The molecule has 0 unspecified atom stereocenters. The van der Waals surface area contributed by atoms with Crippen LogP contribution in [-0.2, 0) is 16.4 Å². The molecule has 0 spiro atoms. The van der Waals surface area contributed by atoms with Gasteiger partial charge < -0.3 is 15.0 Å². The highest BCUT2D eigenvalue weighted by molar-refractivity contribution is 7.89. The van der Waals surface area contributed by atoms with Gasteiger partial charge in [0.25, 0.3) is 5.91 Å². The molecular formula is C24H27N3O4S2. The number of benzene rings is 2. The second kappa shape index (κ2) is 10.4. The van der Waals surface area contributed by atoms with Crippen LogP contribution in [0, 0.1) is 0 Å². The number of piperazine rings is 1. The van der Waals surface area contributed by atoms with Crippen molar-refractivity contribution in [2.45, 2.75) is 11.3 Å². The molecule has 0 radical (unpaired) electrons. The Morgan fingerprint density at radius 1 is 1.00 bits per heavy atom. The van der Waals surface area contributed by atoms with Gasteiger partial charge >= 0.3 is 0 Å². The van der Waals surface area contributed by atoms with Crippen molar-refractivity contribution >= 4 is 33.0 Å². The molecular weight excluding hydrogens is 458 g/mol. The molecule has 0 aliphatic carbocycles. The molecule has 1 saturated heterocycles. The molecule has 3 aromatic rings. The van der Waals surface area contributed by atoms with Crippen LogP contribution in [-0.4, -0.2) is 58.5 Å². The van der Waals surface area contributed by atoms with Crippen LogP contribution in [0.25, 0.3) is 0 Å². The zero-order chi connectivity index (χ0) is 23.3. The number of nitrogens with zero attached hydrogens (tertiary/aromatic N) is 2. The van der Waals surface area contributed by atoms with Crippen LogP contribution in [0.1, 0.15) is 15.2 Å². The average Bonchev–Trinajstić information content (AvgIpc) is 3.36. The molecule has 0 bridgehead atoms. The molecule has 174 valence electrons. The molecule has 0 atom stereocenters. The lowest BCUT2D eigenvalue weighted by Gasteiger charge is -2.35. The largest absolute Gasteiger partial charge is 0.497 e. The van der Waals surface area contributed by atoms with E-state index in [2.05, 4.69) is 10.2 Å². The number of hydrogen-bond donors (Lipinski definition) is 1. The van der Waals surface area contributed by atoms with Crippen LogP contribution >= 0.6 is 11.3 Å². The lowest BCUT2D eigenvalue weighted by Crippen LogP contribution is -2.48. The molecule has 1 aromatic heterocycles. The van der Waals surface area contributed by atoms with Crippen molar-refractivity contribution in [3.05, 3.63) is 76.5 Å². The summed E-state index contributed by atoms with van der Waals surface area (Å²) in [7, 11) is -2.13. The highest BCUT2D eigenvalue weighted by atomic mass is 32.2. The Balaban J connectivity index is 1.38. The summed E-state index contributed by atoms with van der Waals surface area (Å²) in [6, 6.07) is 19.1. The Bertz CT molecular complexity index is 1170. The Labute approximate surface area is 198 Å². The SMILES string of the molecule is COc1ccc(N2CCN(S(=O)(=O)c3ccsc3C(=O)NCCc3ccccc3)CC2)cc1. The number of amides is 1. The molecule has 1 amide bonds. The molecule has 0 saturated carbocycles. The number of hydrogen-bond acceptors (Lipinski definition) is 6. The normalized spacial score (nSPS) is 14.8. The van der Waals surface area contributed by atoms with E-state index in [0.29, 0.717) is 39.1 Å². The van der Waals surface area contributed by atoms with E-state index in [4.69, 9.17) is 4.74 Å². The molecule has 1 fully saturated rings. The fourth-order valence-electron chi connectivity index (χ4n) is 3.83. The van der Waals surface area contributed by atoms with Crippen LogP contribution in [0.4, 0.5) is 5.69 Å². The summed E-state index contributed by atoms with van der Waals surface area (Å²) < 4.78 is 33.3. The van der Waals surface area contributed by atoms with Crippen molar-refractivity contribution in [2.75, 3.05) is 44.7 Å². The van der Waals surface area contributed by atoms with Gasteiger partial charge in [-0.25, -0.2) is 8.42 Å². The first-order valence-corrected chi connectivity index (χ1v) is 13.1. The number of nitrogens with one attached hydrogen (secondary N) is 1. The van der Waals surface area contributed by atoms with Gasteiger partial charge in [0.1, 0.15) is 15.5 Å². The first-order valence-electron chi connectivity index (χ1n) is 10.8. The summed E-state index contributed by atoms with van der Waals surface area (Å²) in [5.41, 5.74) is 2.15. The Kier molecular flexibility index (Phi) is 7.32. The third-order valence-electron chi connectivity index (χ3n) is 5.67. The molecule has 1 aliphatic rings. The summed E-state index contributed by atoms with van der Waals surface area (Å²) in [5.74, 6) is 0.434. The van der Waals surface area contributed by atoms with Crippen LogP contribution in [0.15, 0.2) is 70.9 Å². The van der Waals surface area contributed by atoms with Gasteiger partial charge in [0.05, 0.1) is 7.11 Å². The number of methoxy groups -OCH3 is 1. The lowest BCUT2D eigenvalue weighted by atomic mass is 10.1. The molecule has 2 aromatic carbocycles. The van der Waals surface area contributed by atoms with E-state index in [0.717, 1.165) is 28.3 Å². The molecule has 7 nitrogen and oxygen atoms in total. The molecule has 1 aliphatic heterocycles. The maximum absolute atomic E-state index is 13.3. The zero-order valence-electron chi connectivity index (χ0n) is 18.4. The quantitative estimate of drug-likeness (QED) is 0.530. The van der Waals surface area contributed by atoms with E-state index in [9.17, 15) is 13.2 Å². The van der Waals surface area contributed by atoms with E-state index in [1.807, 2.05) is 54.6 Å². The minimum atomic E-state index is -3.75. The first kappa shape index (κ1) is 23.3. The highest BCUT2D eigenvalue weighted by Crippen LogP contribution is 2.27.